The van der Waals surface area contributed by atoms with Gasteiger partial charge in [-0.15, -0.1) is 0 Å². The van der Waals surface area contributed by atoms with Crippen LogP contribution in [0.25, 0.3) is 0 Å². The molecule has 1 aliphatic heterocycles. The molecule has 1 N–H and O–H groups in total. The first-order valence-corrected chi connectivity index (χ1v) is 8.77. The number of carbonyl (C=O) groups excluding carboxylic acids is 1. The second-order valence-electron chi connectivity index (χ2n) is 7.97. The molecule has 23 heavy (non-hydrogen) atoms. The fraction of sp³-hybridized carbons (Fsp3) is 0.824. The van der Waals surface area contributed by atoms with E-state index in [-0.39, 0.29) is 17.5 Å². The van der Waals surface area contributed by atoms with Gasteiger partial charge in [-0.3, -0.25) is 0 Å². The van der Waals surface area contributed by atoms with E-state index in [9.17, 15) is 4.79 Å². The van der Waals surface area contributed by atoms with Crippen LogP contribution in [0, 0.1) is 5.92 Å². The quantitative estimate of drug-likeness (QED) is 0.906. The summed E-state index contributed by atoms with van der Waals surface area (Å²) < 4.78 is 5.33. The molecule has 2 heterocycles. The van der Waals surface area contributed by atoms with Crippen LogP contribution in [0.4, 0.5) is 4.79 Å². The van der Waals surface area contributed by atoms with Gasteiger partial charge in [0.1, 0.15) is 6.04 Å². The first kappa shape index (κ1) is 16.3. The Labute approximate surface area is 138 Å². The number of amides is 2. The van der Waals surface area contributed by atoms with Crippen molar-refractivity contribution in [3.8, 4) is 0 Å². The summed E-state index contributed by atoms with van der Waals surface area (Å²) in [5.41, 5.74) is -0.157. The average Bonchev–Trinajstić information content (AvgIpc) is 3.14. The third-order valence-electron chi connectivity index (χ3n) is 5.09. The van der Waals surface area contributed by atoms with Gasteiger partial charge in [-0.25, -0.2) is 4.79 Å². The number of aromatic nitrogens is 2. The van der Waals surface area contributed by atoms with Crippen molar-refractivity contribution in [3.05, 3.63) is 11.7 Å². The van der Waals surface area contributed by atoms with Gasteiger partial charge in [0.2, 0.25) is 5.89 Å². The van der Waals surface area contributed by atoms with Crippen molar-refractivity contribution in [1.82, 2.24) is 20.4 Å². The molecule has 1 aliphatic carbocycles. The molecule has 1 aromatic heterocycles. The topological polar surface area (TPSA) is 71.3 Å². The van der Waals surface area contributed by atoms with E-state index in [1.165, 1.54) is 19.3 Å². The number of nitrogens with one attached hydrogen (secondary N) is 1. The first-order chi connectivity index (χ1) is 10.9. The summed E-state index contributed by atoms with van der Waals surface area (Å²) in [6.07, 6.45) is 6.09. The second-order valence-corrected chi connectivity index (χ2v) is 7.97. The maximum absolute atomic E-state index is 12.6. The van der Waals surface area contributed by atoms with Gasteiger partial charge in [0.15, 0.2) is 5.82 Å². The zero-order valence-corrected chi connectivity index (χ0v) is 14.6. The van der Waals surface area contributed by atoms with Gasteiger partial charge >= 0.3 is 6.03 Å². The van der Waals surface area contributed by atoms with Crippen LogP contribution >= 0.6 is 0 Å². The fourth-order valence-electron chi connectivity index (χ4n) is 3.70. The lowest BCUT2D eigenvalue weighted by Crippen LogP contribution is -2.45. The maximum atomic E-state index is 12.6. The van der Waals surface area contributed by atoms with Crippen molar-refractivity contribution < 1.29 is 9.32 Å². The Morgan fingerprint density at radius 3 is 2.74 bits per heavy atom. The third-order valence-corrected chi connectivity index (χ3v) is 5.09. The Morgan fingerprint density at radius 2 is 2.04 bits per heavy atom. The van der Waals surface area contributed by atoms with E-state index in [0.717, 1.165) is 19.4 Å². The Bertz CT molecular complexity index is 563. The fourth-order valence-corrected chi connectivity index (χ4v) is 3.70. The second kappa shape index (κ2) is 6.13. The minimum atomic E-state index is -0.270. The van der Waals surface area contributed by atoms with Gasteiger partial charge < -0.3 is 14.7 Å². The number of likely N-dealkylation sites (tertiary alicyclic amines) is 1. The van der Waals surface area contributed by atoms with Crippen molar-refractivity contribution in [3.63, 3.8) is 0 Å². The molecule has 2 aliphatic rings. The maximum Gasteiger partial charge on any atom is 0.318 e. The van der Waals surface area contributed by atoms with Crippen molar-refractivity contribution >= 4 is 6.03 Å². The molecular formula is C17H28N4O2. The largest absolute Gasteiger partial charge is 0.337 e. The van der Waals surface area contributed by atoms with Crippen LogP contribution in [0.3, 0.4) is 0 Å². The molecule has 3 atom stereocenters. The standard InChI is InChI=1S/C17H28N4O2/c1-11(14-19-15(20-23-14)17(2,3)4)18-16(22)21-10-9-12-7-5-6-8-13(12)21/h11-13H,5-10H2,1-4H3,(H,18,22)/t11-,12+,13+/m0/s1. The Balaban J connectivity index is 1.62. The number of carbonyl (C=O) groups is 1. The summed E-state index contributed by atoms with van der Waals surface area (Å²) >= 11 is 0. The van der Waals surface area contributed by atoms with Gasteiger partial charge in [0, 0.05) is 18.0 Å². The number of fused-ring (bicyclic) bond motifs is 1. The summed E-state index contributed by atoms with van der Waals surface area (Å²) in [5.74, 6) is 1.84. The summed E-state index contributed by atoms with van der Waals surface area (Å²) in [4.78, 5) is 19.1. The van der Waals surface area contributed by atoms with Crippen LogP contribution in [0.1, 0.15) is 77.6 Å². The van der Waals surface area contributed by atoms with Crippen LogP contribution in [0.5, 0.6) is 0 Å². The molecule has 6 heteroatoms. The Hall–Kier alpha value is -1.59. The predicted octanol–water partition coefficient (Wildman–Crippen LogP) is 3.40. The van der Waals surface area contributed by atoms with Gasteiger partial charge in [0.05, 0.1) is 0 Å². The summed E-state index contributed by atoms with van der Waals surface area (Å²) in [6, 6.07) is 0.153. The van der Waals surface area contributed by atoms with Crippen LogP contribution in [-0.4, -0.2) is 33.7 Å². The van der Waals surface area contributed by atoms with Crippen molar-refractivity contribution in [2.75, 3.05) is 6.54 Å². The third kappa shape index (κ3) is 3.35. The lowest BCUT2D eigenvalue weighted by atomic mass is 9.85. The zero-order valence-electron chi connectivity index (χ0n) is 14.6. The molecular weight excluding hydrogens is 292 g/mol. The van der Waals surface area contributed by atoms with Crippen LogP contribution in [0.2, 0.25) is 0 Å². The highest BCUT2D eigenvalue weighted by Crippen LogP contribution is 2.36. The van der Waals surface area contributed by atoms with E-state index < -0.39 is 0 Å². The number of urea groups is 1. The van der Waals surface area contributed by atoms with Crippen LogP contribution in [-0.2, 0) is 5.41 Å². The Morgan fingerprint density at radius 1 is 1.30 bits per heavy atom. The van der Waals surface area contributed by atoms with Gasteiger partial charge in [-0.05, 0) is 32.1 Å². The molecule has 1 saturated carbocycles. The molecule has 0 spiro atoms. The lowest BCUT2D eigenvalue weighted by molar-refractivity contribution is 0.165. The van der Waals surface area contributed by atoms with E-state index in [1.807, 2.05) is 32.6 Å². The molecule has 2 amide bonds. The highest BCUT2D eigenvalue weighted by Gasteiger charge is 2.38. The zero-order chi connectivity index (χ0) is 16.6. The minimum absolute atomic E-state index is 0.00223. The molecule has 1 saturated heterocycles. The van der Waals surface area contributed by atoms with Gasteiger partial charge in [-0.1, -0.05) is 38.8 Å². The number of hydrogen-bond donors (Lipinski definition) is 1. The number of nitrogens with zero attached hydrogens (tertiary/aromatic N) is 3. The molecule has 6 nitrogen and oxygen atoms in total. The highest BCUT2D eigenvalue weighted by atomic mass is 16.5. The van der Waals surface area contributed by atoms with Crippen molar-refractivity contribution in [2.45, 2.75) is 77.3 Å². The van der Waals surface area contributed by atoms with E-state index in [2.05, 4.69) is 15.5 Å². The van der Waals surface area contributed by atoms with Crippen LogP contribution in [0.15, 0.2) is 4.52 Å². The molecule has 0 aromatic carbocycles. The van der Waals surface area contributed by atoms with Crippen molar-refractivity contribution in [1.29, 1.82) is 0 Å². The molecule has 3 rings (SSSR count). The van der Waals surface area contributed by atoms with Crippen molar-refractivity contribution in [2.24, 2.45) is 5.92 Å². The van der Waals surface area contributed by atoms with Gasteiger partial charge in [0.25, 0.3) is 0 Å². The summed E-state index contributed by atoms with van der Waals surface area (Å²) in [7, 11) is 0. The summed E-state index contributed by atoms with van der Waals surface area (Å²) in [6.45, 7) is 8.88. The molecule has 0 bridgehead atoms. The smallest absolute Gasteiger partial charge is 0.318 e. The van der Waals surface area contributed by atoms with E-state index >= 15 is 0 Å². The number of rotatable bonds is 2. The molecule has 0 unspecified atom stereocenters. The highest BCUT2D eigenvalue weighted by molar-refractivity contribution is 5.75. The van der Waals surface area contributed by atoms with Crippen LogP contribution < -0.4 is 5.32 Å². The lowest BCUT2D eigenvalue weighted by Gasteiger charge is -2.32. The number of hydrogen-bond acceptors (Lipinski definition) is 4. The van der Waals surface area contributed by atoms with E-state index in [4.69, 9.17) is 4.52 Å². The first-order valence-electron chi connectivity index (χ1n) is 8.77. The normalized spacial score (nSPS) is 26.0. The Kier molecular flexibility index (Phi) is 4.34. The monoisotopic (exact) mass is 320 g/mol. The minimum Gasteiger partial charge on any atom is -0.337 e. The van der Waals surface area contributed by atoms with Gasteiger partial charge in [-0.2, -0.15) is 4.98 Å². The molecule has 0 radical (unpaired) electrons. The van der Waals surface area contributed by atoms with E-state index in [0.29, 0.717) is 23.7 Å². The summed E-state index contributed by atoms with van der Waals surface area (Å²) in [5, 5.41) is 7.05. The average molecular weight is 320 g/mol. The molecule has 2 fully saturated rings. The van der Waals surface area contributed by atoms with E-state index in [1.54, 1.807) is 0 Å². The molecule has 128 valence electrons. The molecule has 1 aromatic rings. The predicted molar refractivity (Wildman–Crippen MR) is 87.0 cm³/mol. The SMILES string of the molecule is C[C@H](NC(=O)N1CC[C@H]2CCCC[C@H]21)c1nc(C(C)(C)C)no1.